The van der Waals surface area contributed by atoms with Crippen LogP contribution in [0.2, 0.25) is 49.4 Å². The number of rotatable bonds is 18. The van der Waals surface area contributed by atoms with Crippen LogP contribution in [0, 0.1) is 0 Å². The summed E-state index contributed by atoms with van der Waals surface area (Å²) in [7, 11) is -6.70. The smallest absolute Gasteiger partial charge is 0.331 e. The highest BCUT2D eigenvalue weighted by atomic mass is 28.4. The van der Waals surface area contributed by atoms with E-state index in [1.165, 1.54) is 0 Å². The SMILES string of the molecule is CC(C)(CC(C)(C)[SiH2]O[SiH2]O[Si](C)(C)C)OC(=O)C=CC(=O)OC(C)(C)CC(C)(C)[SiH2]O[SiH2]O[Si](C)(C)C. The van der Waals surface area contributed by atoms with E-state index in [0.717, 1.165) is 12.2 Å². The normalized spacial score (nSPS) is 15.4. The highest BCUT2D eigenvalue weighted by Gasteiger charge is 2.34. The number of ether oxygens (including phenoxy) is 2. The van der Waals surface area contributed by atoms with Crippen molar-refractivity contribution in [2.75, 3.05) is 0 Å². The molecule has 0 saturated heterocycles. The lowest BCUT2D eigenvalue weighted by atomic mass is 9.95. The molecule has 38 heavy (non-hydrogen) atoms. The third kappa shape index (κ3) is 21.6. The van der Waals surface area contributed by atoms with Gasteiger partial charge < -0.3 is 25.9 Å². The van der Waals surface area contributed by atoms with Crippen molar-refractivity contribution in [3.63, 3.8) is 0 Å². The zero-order valence-electron chi connectivity index (χ0n) is 26.7. The topological polar surface area (TPSA) is 89.5 Å². The highest BCUT2D eigenvalue weighted by Crippen LogP contribution is 2.37. The van der Waals surface area contributed by atoms with Crippen molar-refractivity contribution < 1.29 is 35.5 Å². The van der Waals surface area contributed by atoms with Crippen LogP contribution in [0.5, 0.6) is 0 Å². The van der Waals surface area contributed by atoms with Gasteiger partial charge in [0.1, 0.15) is 11.2 Å². The second kappa shape index (κ2) is 15.2. The van der Waals surface area contributed by atoms with E-state index in [2.05, 4.69) is 67.0 Å². The number of carbonyl (C=O) groups excluding carboxylic acids is 2. The van der Waals surface area contributed by atoms with Gasteiger partial charge in [-0.2, -0.15) is 0 Å². The summed E-state index contributed by atoms with van der Waals surface area (Å²) in [5.74, 6) is -1.12. The van der Waals surface area contributed by atoms with E-state index < -0.39 is 79.3 Å². The summed E-state index contributed by atoms with van der Waals surface area (Å²) in [6.07, 6.45) is 3.63. The van der Waals surface area contributed by atoms with Gasteiger partial charge in [-0.05, 0) is 89.9 Å². The molecule has 0 aromatic rings. The standard InChI is InChI=1S/C24H56O8Si6/c1-21(2,17-23(5,6)33-29-35-31-37(9,10)11)27-19(25)15-16-20(26)28-22(3,4)18-24(7,8)34-30-36-32-38(12,13)14/h15-16H,17-18,33-36H2,1-14H3. The lowest BCUT2D eigenvalue weighted by molar-refractivity contribution is -0.154. The molecule has 0 saturated carbocycles. The van der Waals surface area contributed by atoms with Gasteiger partial charge in [-0.3, -0.25) is 0 Å². The molecule has 224 valence electrons. The lowest BCUT2D eigenvalue weighted by Gasteiger charge is -2.34. The predicted molar refractivity (Wildman–Crippen MR) is 172 cm³/mol. The zero-order chi connectivity index (χ0) is 30.1. The van der Waals surface area contributed by atoms with Crippen molar-refractivity contribution in [3.8, 4) is 0 Å². The Hall–Kier alpha value is -0.179. The van der Waals surface area contributed by atoms with Gasteiger partial charge in [-0.25, -0.2) is 9.59 Å². The molecule has 0 amide bonds. The fraction of sp³-hybridized carbons (Fsp3) is 0.833. The molecule has 14 heteroatoms. The Kier molecular flexibility index (Phi) is 15.1. The van der Waals surface area contributed by atoms with Crippen molar-refractivity contribution >= 4 is 68.1 Å². The van der Waals surface area contributed by atoms with Crippen LogP contribution in [0.4, 0.5) is 0 Å². The molecule has 0 spiro atoms. The number of carbonyl (C=O) groups is 2. The van der Waals surface area contributed by atoms with Crippen molar-refractivity contribution in [2.24, 2.45) is 0 Å². The molecular formula is C24H56O8Si6. The fourth-order valence-corrected chi connectivity index (χ4v) is 15.8. The van der Waals surface area contributed by atoms with Gasteiger partial charge in [-0.15, -0.1) is 0 Å². The molecular weight excluding hydrogens is 585 g/mol. The summed E-state index contributed by atoms with van der Waals surface area (Å²) in [4.78, 5) is 24.9. The van der Waals surface area contributed by atoms with Crippen LogP contribution in [0.1, 0.15) is 68.2 Å². The molecule has 0 heterocycles. The molecule has 0 aliphatic carbocycles. The van der Waals surface area contributed by atoms with E-state index >= 15 is 0 Å². The molecule has 0 N–H and O–H groups in total. The molecule has 0 bridgehead atoms. The average molecular weight is 641 g/mol. The van der Waals surface area contributed by atoms with E-state index in [1.54, 1.807) is 0 Å². The predicted octanol–water partition coefficient (Wildman–Crippen LogP) is 3.26. The van der Waals surface area contributed by atoms with E-state index in [9.17, 15) is 9.59 Å². The van der Waals surface area contributed by atoms with Crippen molar-refractivity contribution in [2.45, 2.75) is 129 Å². The third-order valence-corrected chi connectivity index (χ3v) is 18.0. The van der Waals surface area contributed by atoms with Crippen LogP contribution in [-0.4, -0.2) is 79.3 Å². The Morgan fingerprint density at radius 3 is 1.16 bits per heavy atom. The van der Waals surface area contributed by atoms with Crippen LogP contribution in [0.3, 0.4) is 0 Å². The minimum absolute atomic E-state index is 0.0601. The van der Waals surface area contributed by atoms with E-state index in [-0.39, 0.29) is 10.1 Å². The Balaban J connectivity index is 4.71. The summed E-state index contributed by atoms with van der Waals surface area (Å²) in [6, 6.07) is 0. The monoisotopic (exact) mass is 640 g/mol. The molecule has 0 aliphatic heterocycles. The molecule has 0 rings (SSSR count). The van der Waals surface area contributed by atoms with Crippen LogP contribution in [-0.2, 0) is 35.5 Å². The first-order chi connectivity index (χ1) is 16.8. The molecule has 0 aromatic carbocycles. The van der Waals surface area contributed by atoms with Gasteiger partial charge in [0.05, 0.1) is 0 Å². The minimum atomic E-state index is -1.54. The largest absolute Gasteiger partial charge is 0.456 e. The summed E-state index contributed by atoms with van der Waals surface area (Å²) in [6.45, 7) is 29.1. The van der Waals surface area contributed by atoms with Crippen LogP contribution >= 0.6 is 0 Å². The van der Waals surface area contributed by atoms with Crippen LogP contribution in [0.25, 0.3) is 0 Å². The fourth-order valence-electron chi connectivity index (χ4n) is 4.30. The van der Waals surface area contributed by atoms with Crippen LogP contribution in [0.15, 0.2) is 12.2 Å². The minimum Gasteiger partial charge on any atom is -0.456 e. The van der Waals surface area contributed by atoms with Crippen molar-refractivity contribution in [3.05, 3.63) is 12.2 Å². The summed E-state index contributed by atoms with van der Waals surface area (Å²) in [5, 5.41) is -0.120. The quantitative estimate of drug-likeness (QED) is 0.0977. The van der Waals surface area contributed by atoms with E-state index in [4.69, 9.17) is 25.9 Å². The number of hydrogen-bond acceptors (Lipinski definition) is 8. The maximum absolute atomic E-state index is 12.5. The molecule has 0 unspecified atom stereocenters. The third-order valence-electron chi connectivity index (χ3n) is 5.05. The van der Waals surface area contributed by atoms with Crippen molar-refractivity contribution in [1.29, 1.82) is 0 Å². The molecule has 8 nitrogen and oxygen atoms in total. The first kappa shape index (κ1) is 37.8. The second-order valence-corrected chi connectivity index (χ2v) is 33.7. The van der Waals surface area contributed by atoms with Gasteiger partial charge in [0.2, 0.25) is 0 Å². The summed E-state index contributed by atoms with van der Waals surface area (Å²) < 4.78 is 35.2. The Morgan fingerprint density at radius 2 is 0.895 bits per heavy atom. The highest BCUT2D eigenvalue weighted by molar-refractivity contribution is 6.74. The number of esters is 2. The summed E-state index contributed by atoms with van der Waals surface area (Å²) in [5.41, 5.74) is -1.38. The summed E-state index contributed by atoms with van der Waals surface area (Å²) >= 11 is 0. The Labute approximate surface area is 243 Å². The zero-order valence-corrected chi connectivity index (χ0v) is 34.3. The van der Waals surface area contributed by atoms with Gasteiger partial charge >= 0.3 is 11.9 Å². The van der Waals surface area contributed by atoms with Crippen LogP contribution < -0.4 is 0 Å². The average Bonchev–Trinajstić information content (AvgIpc) is 2.63. The molecule has 0 aromatic heterocycles. The van der Waals surface area contributed by atoms with E-state index in [0.29, 0.717) is 12.8 Å². The van der Waals surface area contributed by atoms with Gasteiger partial charge in [-0.1, -0.05) is 27.7 Å². The maximum Gasteiger partial charge on any atom is 0.331 e. The van der Waals surface area contributed by atoms with Gasteiger partial charge in [0, 0.05) is 12.2 Å². The Morgan fingerprint density at radius 1 is 0.605 bits per heavy atom. The molecule has 0 atom stereocenters. The van der Waals surface area contributed by atoms with Gasteiger partial charge in [0.15, 0.2) is 36.2 Å². The molecule has 0 radical (unpaired) electrons. The lowest BCUT2D eigenvalue weighted by Crippen LogP contribution is -2.36. The number of hydrogen-bond donors (Lipinski definition) is 0. The first-order valence-electron chi connectivity index (χ1n) is 13.4. The van der Waals surface area contributed by atoms with E-state index in [1.807, 2.05) is 27.7 Å². The maximum atomic E-state index is 12.5. The van der Waals surface area contributed by atoms with Crippen molar-refractivity contribution in [1.82, 2.24) is 0 Å². The second-order valence-electron chi connectivity index (χ2n) is 14.8. The van der Waals surface area contributed by atoms with Gasteiger partial charge in [0.25, 0.3) is 20.0 Å². The molecule has 0 fully saturated rings. The molecule has 0 aliphatic rings. The first-order valence-corrected chi connectivity index (χ1v) is 25.1. The Bertz CT molecular complexity index is 722.